The summed E-state index contributed by atoms with van der Waals surface area (Å²) >= 11 is 0. The number of rotatable bonds is 3. The van der Waals surface area contributed by atoms with Crippen LogP contribution in [0.1, 0.15) is 24.6 Å². The SMILES string of the molecule is C[C@H]1CCc2nn3ccn(CC(=O)Nc4ccc5c(c4)OCO5)c(=O)c3c2C1. The van der Waals surface area contributed by atoms with E-state index in [2.05, 4.69) is 17.3 Å². The number of anilines is 1. The highest BCUT2D eigenvalue weighted by Crippen LogP contribution is 2.34. The molecule has 1 aliphatic carbocycles. The van der Waals surface area contributed by atoms with Crippen LogP contribution < -0.4 is 20.3 Å². The number of carbonyl (C=O) groups excluding carboxylic acids is 1. The van der Waals surface area contributed by atoms with E-state index in [9.17, 15) is 9.59 Å². The average molecular weight is 380 g/mol. The highest BCUT2D eigenvalue weighted by Gasteiger charge is 2.23. The van der Waals surface area contributed by atoms with Crippen LogP contribution in [0, 0.1) is 5.92 Å². The highest BCUT2D eigenvalue weighted by molar-refractivity contribution is 5.91. The summed E-state index contributed by atoms with van der Waals surface area (Å²) in [6.45, 7) is 2.29. The van der Waals surface area contributed by atoms with E-state index in [0.717, 1.165) is 30.5 Å². The van der Waals surface area contributed by atoms with Crippen LogP contribution in [0.15, 0.2) is 35.4 Å². The minimum atomic E-state index is -0.285. The molecule has 8 heteroatoms. The molecule has 1 atom stereocenters. The molecule has 0 unspecified atom stereocenters. The molecule has 0 radical (unpaired) electrons. The van der Waals surface area contributed by atoms with Gasteiger partial charge >= 0.3 is 0 Å². The van der Waals surface area contributed by atoms with Crippen LogP contribution in [-0.4, -0.2) is 26.9 Å². The fourth-order valence-electron chi connectivity index (χ4n) is 3.90. The van der Waals surface area contributed by atoms with Crippen LogP contribution in [0.4, 0.5) is 5.69 Å². The molecule has 0 spiro atoms. The van der Waals surface area contributed by atoms with Crippen LogP contribution in [0.25, 0.3) is 5.52 Å². The Kier molecular flexibility index (Phi) is 3.85. The second-order valence-corrected chi connectivity index (χ2v) is 7.41. The van der Waals surface area contributed by atoms with Crippen molar-refractivity contribution in [1.82, 2.24) is 14.2 Å². The molecule has 3 heterocycles. The van der Waals surface area contributed by atoms with Crippen molar-refractivity contribution in [1.29, 1.82) is 0 Å². The Morgan fingerprint density at radius 3 is 3.04 bits per heavy atom. The summed E-state index contributed by atoms with van der Waals surface area (Å²) in [5, 5.41) is 7.35. The third-order valence-electron chi connectivity index (χ3n) is 5.34. The normalized spacial score (nSPS) is 17.5. The first kappa shape index (κ1) is 16.9. The molecule has 28 heavy (non-hydrogen) atoms. The fourth-order valence-corrected chi connectivity index (χ4v) is 3.90. The van der Waals surface area contributed by atoms with Crippen LogP contribution in [0.3, 0.4) is 0 Å². The van der Waals surface area contributed by atoms with Crippen LogP contribution in [-0.2, 0) is 24.2 Å². The van der Waals surface area contributed by atoms with Crippen LogP contribution in [0.5, 0.6) is 11.5 Å². The van der Waals surface area contributed by atoms with Gasteiger partial charge in [0.05, 0.1) is 5.69 Å². The number of nitrogens with one attached hydrogen (secondary N) is 1. The van der Waals surface area contributed by atoms with Gasteiger partial charge in [-0.05, 0) is 37.3 Å². The smallest absolute Gasteiger partial charge is 0.277 e. The Balaban J connectivity index is 1.40. The fraction of sp³-hybridized carbons (Fsp3) is 0.350. The van der Waals surface area contributed by atoms with Gasteiger partial charge in [-0.15, -0.1) is 0 Å². The zero-order chi connectivity index (χ0) is 19.3. The maximum absolute atomic E-state index is 13.0. The number of aryl methyl sites for hydroxylation is 1. The molecule has 2 aliphatic rings. The van der Waals surface area contributed by atoms with E-state index >= 15 is 0 Å². The first-order valence-electron chi connectivity index (χ1n) is 9.37. The topological polar surface area (TPSA) is 86.9 Å². The lowest BCUT2D eigenvalue weighted by molar-refractivity contribution is -0.116. The average Bonchev–Trinajstić information content (AvgIpc) is 3.27. The number of hydrogen-bond donors (Lipinski definition) is 1. The molecular formula is C20H20N4O4. The predicted octanol–water partition coefficient (Wildman–Crippen LogP) is 1.99. The summed E-state index contributed by atoms with van der Waals surface area (Å²) in [6, 6.07) is 5.20. The van der Waals surface area contributed by atoms with E-state index in [0.29, 0.717) is 28.6 Å². The molecule has 5 rings (SSSR count). The second-order valence-electron chi connectivity index (χ2n) is 7.41. The minimum Gasteiger partial charge on any atom is -0.454 e. The number of hydrogen-bond acceptors (Lipinski definition) is 5. The quantitative estimate of drug-likeness (QED) is 0.751. The molecule has 1 aliphatic heterocycles. The van der Waals surface area contributed by atoms with Gasteiger partial charge in [-0.25, -0.2) is 4.52 Å². The molecule has 0 saturated carbocycles. The lowest BCUT2D eigenvalue weighted by Gasteiger charge is -2.16. The molecule has 0 bridgehead atoms. The molecule has 1 N–H and O–H groups in total. The van der Waals surface area contributed by atoms with E-state index < -0.39 is 0 Å². The maximum Gasteiger partial charge on any atom is 0.277 e. The molecule has 8 nitrogen and oxygen atoms in total. The molecule has 0 fully saturated rings. The first-order chi connectivity index (χ1) is 13.6. The van der Waals surface area contributed by atoms with E-state index in [1.165, 1.54) is 4.57 Å². The van der Waals surface area contributed by atoms with E-state index in [1.807, 2.05) is 0 Å². The molecule has 1 amide bonds. The molecule has 2 aromatic heterocycles. The Morgan fingerprint density at radius 2 is 2.14 bits per heavy atom. The predicted molar refractivity (Wildman–Crippen MR) is 102 cm³/mol. The zero-order valence-corrected chi connectivity index (χ0v) is 15.5. The maximum atomic E-state index is 13.0. The molecule has 144 valence electrons. The number of ether oxygens (including phenoxy) is 2. The summed E-state index contributed by atoms with van der Waals surface area (Å²) in [5.74, 6) is 1.49. The third-order valence-corrected chi connectivity index (χ3v) is 5.34. The van der Waals surface area contributed by atoms with Gasteiger partial charge in [0.1, 0.15) is 12.1 Å². The number of aromatic nitrogens is 3. The van der Waals surface area contributed by atoms with Crippen molar-refractivity contribution >= 4 is 17.1 Å². The summed E-state index contributed by atoms with van der Waals surface area (Å²) in [5.41, 5.74) is 3.01. The van der Waals surface area contributed by atoms with E-state index in [4.69, 9.17) is 9.47 Å². The van der Waals surface area contributed by atoms with Crippen LogP contribution in [0.2, 0.25) is 0 Å². The van der Waals surface area contributed by atoms with Crippen molar-refractivity contribution in [3.05, 3.63) is 52.2 Å². The summed E-state index contributed by atoms with van der Waals surface area (Å²) in [6.07, 6.45) is 6.18. The van der Waals surface area contributed by atoms with Crippen molar-refractivity contribution in [2.24, 2.45) is 5.92 Å². The molecule has 1 aromatic carbocycles. The van der Waals surface area contributed by atoms with Crippen molar-refractivity contribution in [3.8, 4) is 11.5 Å². The first-order valence-corrected chi connectivity index (χ1v) is 9.37. The van der Waals surface area contributed by atoms with Crippen molar-refractivity contribution < 1.29 is 14.3 Å². The second kappa shape index (κ2) is 6.40. The van der Waals surface area contributed by atoms with E-state index in [-0.39, 0.29) is 24.8 Å². The number of fused-ring (bicyclic) bond motifs is 4. The van der Waals surface area contributed by atoms with Crippen LogP contribution >= 0.6 is 0 Å². The molecule has 0 saturated heterocycles. The summed E-state index contributed by atoms with van der Waals surface area (Å²) < 4.78 is 13.7. The number of amides is 1. The van der Waals surface area contributed by atoms with Gasteiger partial charge in [-0.3, -0.25) is 9.59 Å². The minimum absolute atomic E-state index is 0.0702. The van der Waals surface area contributed by atoms with Crippen molar-refractivity contribution in [3.63, 3.8) is 0 Å². The van der Waals surface area contributed by atoms with Gasteiger partial charge in [0.2, 0.25) is 12.7 Å². The number of nitrogens with zero attached hydrogens (tertiary/aromatic N) is 3. The van der Waals surface area contributed by atoms with Gasteiger partial charge in [-0.1, -0.05) is 6.92 Å². The Hall–Kier alpha value is -3.29. The van der Waals surface area contributed by atoms with Gasteiger partial charge in [0.15, 0.2) is 11.5 Å². The Bertz CT molecular complexity index is 1150. The summed E-state index contributed by atoms with van der Waals surface area (Å²) in [7, 11) is 0. The standard InChI is InChI=1S/C20H20N4O4/c1-12-2-4-15-14(8-12)19-20(26)23(6-7-24(19)22-15)10-18(25)21-13-3-5-16-17(9-13)28-11-27-16/h3,5-7,9,12H,2,4,8,10-11H2,1H3,(H,21,25)/t12-/m0/s1. The Labute approximate surface area is 160 Å². The lowest BCUT2D eigenvalue weighted by Crippen LogP contribution is -2.28. The van der Waals surface area contributed by atoms with E-state index in [1.54, 1.807) is 35.1 Å². The number of benzene rings is 1. The van der Waals surface area contributed by atoms with Crippen molar-refractivity contribution in [2.45, 2.75) is 32.7 Å². The van der Waals surface area contributed by atoms with Gasteiger partial charge in [0, 0.05) is 29.7 Å². The van der Waals surface area contributed by atoms with Gasteiger partial charge < -0.3 is 19.4 Å². The van der Waals surface area contributed by atoms with Gasteiger partial charge in [-0.2, -0.15) is 5.10 Å². The van der Waals surface area contributed by atoms with Crippen molar-refractivity contribution in [2.75, 3.05) is 12.1 Å². The largest absolute Gasteiger partial charge is 0.454 e. The highest BCUT2D eigenvalue weighted by atomic mass is 16.7. The lowest BCUT2D eigenvalue weighted by atomic mass is 9.88. The molecule has 3 aromatic rings. The zero-order valence-electron chi connectivity index (χ0n) is 15.5. The summed E-state index contributed by atoms with van der Waals surface area (Å²) in [4.78, 5) is 25.5. The number of carbonyl (C=O) groups is 1. The molecular weight excluding hydrogens is 360 g/mol. The monoisotopic (exact) mass is 380 g/mol. The van der Waals surface area contributed by atoms with Gasteiger partial charge in [0.25, 0.3) is 5.56 Å². The Morgan fingerprint density at radius 1 is 1.29 bits per heavy atom. The third kappa shape index (κ3) is 2.81.